The summed E-state index contributed by atoms with van der Waals surface area (Å²) in [4.78, 5) is 13.3. The van der Waals surface area contributed by atoms with E-state index < -0.39 is 0 Å². The highest BCUT2D eigenvalue weighted by molar-refractivity contribution is 6.30. The third-order valence-electron chi connectivity index (χ3n) is 1.56. The lowest BCUT2D eigenvalue weighted by Crippen LogP contribution is -2.22. The van der Waals surface area contributed by atoms with Gasteiger partial charge < -0.3 is 16.5 Å². The Kier molecular flexibility index (Phi) is 2.86. The molecular formula is C7H10ClN3O. The number of pyridine rings is 1. The van der Waals surface area contributed by atoms with Gasteiger partial charge in [0.05, 0.1) is 0 Å². The summed E-state index contributed by atoms with van der Waals surface area (Å²) in [6.45, 7) is 0.322. The van der Waals surface area contributed by atoms with Crippen LogP contribution in [-0.2, 0) is 0 Å². The molecule has 0 fully saturated rings. The molecule has 0 aliphatic carbocycles. The lowest BCUT2D eigenvalue weighted by molar-refractivity contribution is 0.732. The number of hydrogen-bond donors (Lipinski definition) is 3. The maximum absolute atomic E-state index is 10.8. The van der Waals surface area contributed by atoms with Gasteiger partial charge in [-0.25, -0.2) is 0 Å². The molecule has 0 bridgehead atoms. The molecule has 1 heterocycles. The number of H-pyrrole nitrogens is 1. The first-order chi connectivity index (χ1) is 5.65. The monoisotopic (exact) mass is 187 g/mol. The molecular weight excluding hydrogens is 178 g/mol. The first-order valence-electron chi connectivity index (χ1n) is 3.49. The summed E-state index contributed by atoms with van der Waals surface area (Å²) in [7, 11) is 0. The van der Waals surface area contributed by atoms with Crippen molar-refractivity contribution in [3.63, 3.8) is 0 Å². The van der Waals surface area contributed by atoms with Gasteiger partial charge in [0.2, 0.25) is 0 Å². The lowest BCUT2D eigenvalue weighted by Gasteiger charge is -2.07. The molecule has 0 radical (unpaired) electrons. The normalized spacial score (nSPS) is 12.9. The zero-order chi connectivity index (χ0) is 9.14. The van der Waals surface area contributed by atoms with Crippen LogP contribution in [0.2, 0.25) is 5.02 Å². The van der Waals surface area contributed by atoms with Crippen LogP contribution in [0.4, 0.5) is 0 Å². The zero-order valence-corrected chi connectivity index (χ0v) is 7.14. The molecule has 66 valence electrons. The second-order valence-electron chi connectivity index (χ2n) is 2.45. The molecule has 0 amide bonds. The van der Waals surface area contributed by atoms with E-state index in [9.17, 15) is 4.79 Å². The molecule has 1 aromatic heterocycles. The van der Waals surface area contributed by atoms with Gasteiger partial charge >= 0.3 is 0 Å². The van der Waals surface area contributed by atoms with Crippen LogP contribution in [0, 0.1) is 0 Å². The molecule has 0 saturated carbocycles. The van der Waals surface area contributed by atoms with Crippen molar-refractivity contribution in [3.05, 3.63) is 33.2 Å². The molecule has 0 unspecified atom stereocenters. The minimum atomic E-state index is -0.315. The zero-order valence-electron chi connectivity index (χ0n) is 6.38. The van der Waals surface area contributed by atoms with Gasteiger partial charge in [-0.05, 0) is 11.6 Å². The van der Waals surface area contributed by atoms with Crippen LogP contribution in [-0.4, -0.2) is 11.5 Å². The number of rotatable bonds is 2. The third kappa shape index (κ3) is 1.85. The second kappa shape index (κ2) is 3.71. The van der Waals surface area contributed by atoms with Gasteiger partial charge in [-0.15, -0.1) is 0 Å². The Balaban J connectivity index is 3.04. The summed E-state index contributed by atoms with van der Waals surface area (Å²) in [6.07, 6.45) is 1.52. The fraction of sp³-hybridized carbons (Fsp3) is 0.286. The Bertz CT molecular complexity index is 323. The van der Waals surface area contributed by atoms with Gasteiger partial charge in [0, 0.05) is 18.8 Å². The summed E-state index contributed by atoms with van der Waals surface area (Å²) in [5, 5.41) is 0.136. The Morgan fingerprint density at radius 2 is 2.33 bits per heavy atom. The van der Waals surface area contributed by atoms with E-state index in [-0.39, 0.29) is 16.6 Å². The standard InChI is InChI=1S/C7H10ClN3O/c8-5-1-4(6(10)2-9)3-11-7(5)12/h1,3,6H,2,9-10H2,(H,11,12)/t6-/m1/s1. The smallest absolute Gasteiger partial charge is 0.266 e. The van der Waals surface area contributed by atoms with Crippen molar-refractivity contribution < 1.29 is 0 Å². The number of nitrogens with two attached hydrogens (primary N) is 2. The van der Waals surface area contributed by atoms with E-state index in [0.717, 1.165) is 5.56 Å². The van der Waals surface area contributed by atoms with Crippen molar-refractivity contribution in [3.8, 4) is 0 Å². The summed E-state index contributed by atoms with van der Waals surface area (Å²) in [6, 6.07) is 1.25. The number of halogens is 1. The van der Waals surface area contributed by atoms with E-state index in [1.807, 2.05) is 0 Å². The summed E-state index contributed by atoms with van der Waals surface area (Å²) in [5.74, 6) is 0. The highest BCUT2D eigenvalue weighted by Crippen LogP contribution is 2.09. The van der Waals surface area contributed by atoms with Crippen molar-refractivity contribution in [2.45, 2.75) is 6.04 Å². The van der Waals surface area contributed by atoms with Gasteiger partial charge in [-0.1, -0.05) is 11.6 Å². The third-order valence-corrected chi connectivity index (χ3v) is 1.84. The maximum atomic E-state index is 10.8. The van der Waals surface area contributed by atoms with Gasteiger partial charge in [0.1, 0.15) is 5.02 Å². The molecule has 5 heteroatoms. The predicted molar refractivity (Wildman–Crippen MR) is 48.1 cm³/mol. The summed E-state index contributed by atoms with van der Waals surface area (Å²) >= 11 is 5.57. The van der Waals surface area contributed by atoms with Crippen molar-refractivity contribution in [1.29, 1.82) is 0 Å². The van der Waals surface area contributed by atoms with Crippen LogP contribution in [0.5, 0.6) is 0 Å². The number of aromatic amines is 1. The van der Waals surface area contributed by atoms with Crippen molar-refractivity contribution in [2.24, 2.45) is 11.5 Å². The average Bonchev–Trinajstić information content (AvgIpc) is 2.08. The molecule has 0 aromatic carbocycles. The molecule has 1 rings (SSSR count). The van der Waals surface area contributed by atoms with Crippen LogP contribution in [0.3, 0.4) is 0 Å². The van der Waals surface area contributed by atoms with Crippen molar-refractivity contribution >= 4 is 11.6 Å². The first-order valence-corrected chi connectivity index (χ1v) is 3.86. The number of aromatic nitrogens is 1. The van der Waals surface area contributed by atoms with Gasteiger partial charge in [-0.2, -0.15) is 0 Å². The molecule has 0 spiro atoms. The molecule has 1 aromatic rings. The Morgan fingerprint density at radius 3 is 2.83 bits per heavy atom. The van der Waals surface area contributed by atoms with Crippen LogP contribution >= 0.6 is 11.6 Å². The SMILES string of the molecule is NC[C@@H](N)c1c[nH]c(=O)c(Cl)c1. The van der Waals surface area contributed by atoms with Crippen LogP contribution in [0.15, 0.2) is 17.1 Å². The summed E-state index contributed by atoms with van der Waals surface area (Å²) in [5.41, 5.74) is 11.4. The van der Waals surface area contributed by atoms with Crippen LogP contribution < -0.4 is 17.0 Å². The van der Waals surface area contributed by atoms with E-state index in [4.69, 9.17) is 23.1 Å². The molecule has 0 aliphatic rings. The largest absolute Gasteiger partial charge is 0.329 e. The molecule has 5 N–H and O–H groups in total. The number of nitrogens with one attached hydrogen (secondary N) is 1. The van der Waals surface area contributed by atoms with Gasteiger partial charge in [-0.3, -0.25) is 4.79 Å². The van der Waals surface area contributed by atoms with E-state index in [0.29, 0.717) is 6.54 Å². The average molecular weight is 188 g/mol. The fourth-order valence-electron chi connectivity index (χ4n) is 0.822. The van der Waals surface area contributed by atoms with E-state index in [2.05, 4.69) is 4.98 Å². The highest BCUT2D eigenvalue weighted by atomic mass is 35.5. The van der Waals surface area contributed by atoms with Crippen LogP contribution in [0.1, 0.15) is 11.6 Å². The minimum Gasteiger partial charge on any atom is -0.329 e. The van der Waals surface area contributed by atoms with Gasteiger partial charge in [0.15, 0.2) is 0 Å². The fourth-order valence-corrected chi connectivity index (χ4v) is 1.00. The minimum absolute atomic E-state index is 0.136. The molecule has 0 aliphatic heterocycles. The molecule has 4 nitrogen and oxygen atoms in total. The number of hydrogen-bond acceptors (Lipinski definition) is 3. The maximum Gasteiger partial charge on any atom is 0.266 e. The van der Waals surface area contributed by atoms with E-state index >= 15 is 0 Å². The lowest BCUT2D eigenvalue weighted by atomic mass is 10.1. The Labute approximate surface area is 74.5 Å². The topological polar surface area (TPSA) is 84.9 Å². The molecule has 0 saturated heterocycles. The second-order valence-corrected chi connectivity index (χ2v) is 2.86. The van der Waals surface area contributed by atoms with E-state index in [1.54, 1.807) is 0 Å². The first kappa shape index (κ1) is 9.25. The van der Waals surface area contributed by atoms with Crippen molar-refractivity contribution in [2.75, 3.05) is 6.54 Å². The quantitative estimate of drug-likeness (QED) is 0.609. The van der Waals surface area contributed by atoms with E-state index in [1.165, 1.54) is 12.3 Å². The molecule has 12 heavy (non-hydrogen) atoms. The highest BCUT2D eigenvalue weighted by Gasteiger charge is 2.05. The van der Waals surface area contributed by atoms with Gasteiger partial charge in [0.25, 0.3) is 5.56 Å². The Morgan fingerprint density at radius 1 is 1.67 bits per heavy atom. The van der Waals surface area contributed by atoms with Crippen LogP contribution in [0.25, 0.3) is 0 Å². The van der Waals surface area contributed by atoms with Crippen molar-refractivity contribution in [1.82, 2.24) is 4.98 Å². The Hall–Kier alpha value is -0.840. The molecule has 1 atom stereocenters. The summed E-state index contributed by atoms with van der Waals surface area (Å²) < 4.78 is 0. The predicted octanol–water partition coefficient (Wildman–Crippen LogP) is -0.0132.